The molecule has 0 saturated heterocycles. The summed E-state index contributed by atoms with van der Waals surface area (Å²) in [6.07, 6.45) is -2.63. The zero-order chi connectivity index (χ0) is 19.1. The Morgan fingerprint density at radius 3 is 3.10 bits per heavy atom. The van der Waals surface area contributed by atoms with Gasteiger partial charge in [-0.25, -0.2) is 0 Å². The van der Waals surface area contributed by atoms with Crippen LogP contribution in [0.2, 0.25) is 0 Å². The van der Waals surface area contributed by atoms with Crippen LogP contribution in [0.4, 0.5) is 0 Å². The third-order valence-electron chi connectivity index (χ3n) is 5.76. The Balaban J connectivity index is 1.97. The average molecular weight is 289 g/mol. The summed E-state index contributed by atoms with van der Waals surface area (Å²) in [6.45, 7) is 1.89. The predicted octanol–water partition coefficient (Wildman–Crippen LogP) is 4.12. The van der Waals surface area contributed by atoms with Crippen LogP contribution in [-0.4, -0.2) is 12.9 Å². The number of benzene rings is 1. The molecule has 0 amide bonds. The zero-order valence-corrected chi connectivity index (χ0v) is 12.5. The first-order chi connectivity index (χ1) is 12.0. The molecule has 0 radical (unpaired) electrons. The van der Waals surface area contributed by atoms with Crippen molar-refractivity contribution in [1.29, 1.82) is 0 Å². The summed E-state index contributed by atoms with van der Waals surface area (Å²) >= 11 is 0. The molecule has 21 heavy (non-hydrogen) atoms. The van der Waals surface area contributed by atoms with Crippen LogP contribution in [0.15, 0.2) is 18.2 Å². The van der Waals surface area contributed by atoms with E-state index in [1.807, 2.05) is 6.92 Å². The van der Waals surface area contributed by atoms with E-state index in [2.05, 4.69) is 0 Å². The van der Waals surface area contributed by atoms with Gasteiger partial charge < -0.3 is 4.74 Å². The summed E-state index contributed by atoms with van der Waals surface area (Å²) in [5.41, 5.74) is 0.119. The quantitative estimate of drug-likeness (QED) is 0.777. The topological polar surface area (TPSA) is 26.3 Å². The van der Waals surface area contributed by atoms with E-state index in [0.29, 0.717) is 37.0 Å². The smallest absolute Gasteiger partial charge is 0.139 e. The minimum absolute atomic E-state index is 0.140. The van der Waals surface area contributed by atoms with Gasteiger partial charge in [-0.05, 0) is 73.0 Å². The first kappa shape index (κ1) is 8.97. The number of hydrogen-bond acceptors (Lipinski definition) is 2. The average Bonchev–Trinajstić information content (AvgIpc) is 2.88. The highest BCUT2D eigenvalue weighted by Crippen LogP contribution is 2.59. The maximum absolute atomic E-state index is 12.5. The molecule has 2 saturated carbocycles. The van der Waals surface area contributed by atoms with Crippen molar-refractivity contribution in [2.75, 3.05) is 7.11 Å². The number of carbonyl (C=O) groups excluding carboxylic acids is 1. The minimum atomic E-state index is -2.25. The molecule has 0 N–H and O–H groups in total. The van der Waals surface area contributed by atoms with Crippen LogP contribution in [0.25, 0.3) is 0 Å². The second-order valence-electron chi connectivity index (χ2n) is 6.67. The normalized spacial score (nSPS) is 49.4. The Bertz CT molecular complexity index is 792. The van der Waals surface area contributed by atoms with Crippen molar-refractivity contribution < 1.29 is 16.4 Å². The lowest BCUT2D eigenvalue weighted by molar-refractivity contribution is -0.129. The first-order valence-electron chi connectivity index (χ1n) is 10.2. The molecule has 0 aliphatic heterocycles. The molecule has 0 heterocycles. The van der Waals surface area contributed by atoms with E-state index >= 15 is 0 Å². The molecule has 3 aliphatic rings. The van der Waals surface area contributed by atoms with Gasteiger partial charge in [-0.1, -0.05) is 13.0 Å². The van der Waals surface area contributed by atoms with Crippen molar-refractivity contribution in [2.24, 2.45) is 17.3 Å². The van der Waals surface area contributed by atoms with Crippen molar-refractivity contribution in [1.82, 2.24) is 0 Å². The fourth-order valence-corrected chi connectivity index (χ4v) is 4.43. The molecule has 1 aromatic rings. The van der Waals surface area contributed by atoms with E-state index in [9.17, 15) is 6.17 Å². The number of ether oxygens (including phenoxy) is 1. The molecule has 112 valence electrons. The van der Waals surface area contributed by atoms with Crippen LogP contribution in [0.1, 0.15) is 62.9 Å². The third-order valence-corrected chi connectivity index (χ3v) is 5.76. The first-order valence-corrected chi connectivity index (χ1v) is 7.72. The highest BCUT2D eigenvalue weighted by Gasteiger charge is 2.54. The molecule has 2 heteroatoms. The molecule has 2 fully saturated rings. The summed E-state index contributed by atoms with van der Waals surface area (Å²) in [6, 6.07) is 4.98. The summed E-state index contributed by atoms with van der Waals surface area (Å²) in [5, 5.41) is 0. The Morgan fingerprint density at radius 2 is 2.29 bits per heavy atom. The van der Waals surface area contributed by atoms with Crippen molar-refractivity contribution >= 4 is 5.78 Å². The van der Waals surface area contributed by atoms with Crippen LogP contribution >= 0.6 is 0 Å². The molecule has 3 aliphatic carbocycles. The van der Waals surface area contributed by atoms with Gasteiger partial charge in [0.15, 0.2) is 0 Å². The lowest BCUT2D eigenvalue weighted by Gasteiger charge is -2.48. The number of aryl methyl sites for hydroxylation is 1. The molecular formula is C19H24O2. The maximum Gasteiger partial charge on any atom is 0.139 e. The third kappa shape index (κ3) is 1.81. The summed E-state index contributed by atoms with van der Waals surface area (Å²) in [4.78, 5) is 12.5. The lowest BCUT2D eigenvalue weighted by atomic mass is 9.55. The van der Waals surface area contributed by atoms with Gasteiger partial charge in [-0.3, -0.25) is 4.79 Å². The highest BCUT2D eigenvalue weighted by molar-refractivity contribution is 5.87. The predicted molar refractivity (Wildman–Crippen MR) is 82.6 cm³/mol. The van der Waals surface area contributed by atoms with Crippen LogP contribution in [-0.2, 0) is 11.2 Å². The van der Waals surface area contributed by atoms with Crippen molar-refractivity contribution in [3.8, 4) is 5.75 Å². The monoisotopic (exact) mass is 289 g/mol. The number of hydrogen-bond donors (Lipinski definition) is 0. The van der Waals surface area contributed by atoms with E-state index in [0.717, 1.165) is 0 Å². The number of rotatable bonds is 1. The van der Waals surface area contributed by atoms with E-state index in [1.165, 1.54) is 13.2 Å². The lowest BCUT2D eigenvalue weighted by Crippen LogP contribution is -2.42. The summed E-state index contributed by atoms with van der Waals surface area (Å²) in [7, 11) is 1.49. The highest BCUT2D eigenvalue weighted by atomic mass is 16.5. The molecule has 0 bridgehead atoms. The number of ketones is 1. The fourth-order valence-electron chi connectivity index (χ4n) is 4.43. The molecule has 0 unspecified atom stereocenters. The second kappa shape index (κ2) is 4.59. The summed E-state index contributed by atoms with van der Waals surface area (Å²) in [5.74, 6) is -1.79. The van der Waals surface area contributed by atoms with E-state index in [1.54, 1.807) is 12.1 Å². The van der Waals surface area contributed by atoms with Crippen LogP contribution < -0.4 is 4.74 Å². The van der Waals surface area contributed by atoms with E-state index in [-0.39, 0.29) is 17.3 Å². The zero-order valence-electron chi connectivity index (χ0n) is 17.5. The molecule has 4 rings (SSSR count). The number of fused-ring (bicyclic) bond motifs is 5. The van der Waals surface area contributed by atoms with Crippen molar-refractivity contribution in [2.45, 2.75) is 51.2 Å². The Hall–Kier alpha value is -1.31. The SMILES string of the molecule is [2H]C1([2H])c2cc(OC)ccc2[C@@]2([2H])CC[C@]3(C)C(=O)CC[C@H]3[C@@H]2C1([2H])[2H]. The van der Waals surface area contributed by atoms with Gasteiger partial charge in [0.05, 0.1) is 7.11 Å². The van der Waals surface area contributed by atoms with Gasteiger partial charge in [0.2, 0.25) is 0 Å². The Kier molecular flexibility index (Phi) is 1.96. The number of carbonyl (C=O) groups is 1. The molecule has 2 nitrogen and oxygen atoms in total. The molecule has 0 aromatic heterocycles. The molecule has 4 atom stereocenters. The minimum Gasteiger partial charge on any atom is -0.497 e. The largest absolute Gasteiger partial charge is 0.497 e. The van der Waals surface area contributed by atoms with Crippen LogP contribution in [0.3, 0.4) is 0 Å². The second-order valence-corrected chi connectivity index (χ2v) is 6.67. The molecule has 0 spiro atoms. The van der Waals surface area contributed by atoms with Gasteiger partial charge >= 0.3 is 0 Å². The van der Waals surface area contributed by atoms with Gasteiger partial charge in [-0.2, -0.15) is 0 Å². The Morgan fingerprint density at radius 1 is 1.43 bits per heavy atom. The number of methoxy groups -OCH3 is 1. The summed E-state index contributed by atoms with van der Waals surface area (Å²) < 4.78 is 49.3. The van der Waals surface area contributed by atoms with Crippen molar-refractivity contribution in [3.63, 3.8) is 0 Å². The van der Waals surface area contributed by atoms with E-state index in [4.69, 9.17) is 10.2 Å². The van der Waals surface area contributed by atoms with Crippen LogP contribution in [0.5, 0.6) is 5.75 Å². The van der Waals surface area contributed by atoms with Gasteiger partial charge in [0.25, 0.3) is 0 Å². The van der Waals surface area contributed by atoms with Gasteiger partial charge in [0, 0.05) is 18.7 Å². The maximum atomic E-state index is 12.5. The van der Waals surface area contributed by atoms with Crippen LogP contribution in [0, 0.1) is 17.3 Å². The fraction of sp³-hybridized carbons (Fsp3) is 0.632. The van der Waals surface area contributed by atoms with E-state index < -0.39 is 30.0 Å². The van der Waals surface area contributed by atoms with Gasteiger partial charge in [0.1, 0.15) is 11.5 Å². The molecular weight excluding hydrogens is 260 g/mol. The number of Topliss-reactive ketones (excluding diaryl/α,β-unsaturated/α-hetero) is 1. The van der Waals surface area contributed by atoms with Gasteiger partial charge in [-0.15, -0.1) is 0 Å². The Labute approximate surface area is 133 Å². The molecule has 1 aromatic carbocycles. The van der Waals surface area contributed by atoms with Crippen molar-refractivity contribution in [3.05, 3.63) is 29.3 Å². The standard InChI is InChI=1S/C19H24O2/c1-19-10-9-15-14-6-4-13(21-2)11-12(14)3-5-16(15)17(19)7-8-18(19)20/h4,6,11,15-17H,3,5,7-10H2,1-2H3/t15-,16-,17+,19+/m1/s1/i3D2,5D2,15D.